The van der Waals surface area contributed by atoms with E-state index >= 15 is 8.78 Å². The number of ether oxygens (including phenoxy) is 1. The third-order valence-electron chi connectivity index (χ3n) is 7.21. The van der Waals surface area contributed by atoms with Crippen molar-refractivity contribution in [1.29, 1.82) is 5.26 Å². The zero-order chi connectivity index (χ0) is 34.8. The van der Waals surface area contributed by atoms with E-state index < -0.39 is 59.0 Å². The Bertz CT molecular complexity index is 1680. The molecular weight excluding hydrogens is 658 g/mol. The molecule has 1 saturated heterocycles. The van der Waals surface area contributed by atoms with Crippen molar-refractivity contribution in [2.45, 2.75) is 57.0 Å². The highest BCUT2D eigenvalue weighted by molar-refractivity contribution is 6.31. The van der Waals surface area contributed by atoms with Crippen molar-refractivity contribution in [3.8, 4) is 11.8 Å². The van der Waals surface area contributed by atoms with Crippen molar-refractivity contribution in [1.82, 2.24) is 5.32 Å². The van der Waals surface area contributed by atoms with Gasteiger partial charge in [-0.2, -0.15) is 5.26 Å². The number of primary amides is 1. The number of amides is 1. The number of anilines is 1. The highest BCUT2D eigenvalue weighted by atomic mass is 35.5. The number of nitrogens with one attached hydrogen (secondary N) is 1. The number of carboxylic acids is 1. The molecule has 1 aliphatic rings. The fraction of sp³-hybridized carbons (Fsp3) is 0.323. The highest BCUT2D eigenvalue weighted by Gasteiger charge is 2.61. The molecule has 3 aromatic carbocycles. The summed E-state index contributed by atoms with van der Waals surface area (Å²) >= 11 is 11.9. The largest absolute Gasteiger partial charge is 0.573 e. The maximum absolute atomic E-state index is 15.2. The maximum Gasteiger partial charge on any atom is 0.573 e. The van der Waals surface area contributed by atoms with E-state index in [1.807, 2.05) is 20.8 Å². The summed E-state index contributed by atoms with van der Waals surface area (Å²) < 4.78 is 69.6. The molecule has 246 valence electrons. The van der Waals surface area contributed by atoms with Crippen LogP contribution in [0.5, 0.6) is 5.75 Å². The Hall–Kier alpha value is -4.12. The molecule has 0 aromatic heterocycles. The molecule has 4 atom stereocenters. The summed E-state index contributed by atoms with van der Waals surface area (Å²) in [6.45, 7) is 5.79. The van der Waals surface area contributed by atoms with Gasteiger partial charge in [0.2, 0.25) is 0 Å². The van der Waals surface area contributed by atoms with Gasteiger partial charge in [0.15, 0.2) is 0 Å². The summed E-state index contributed by atoms with van der Waals surface area (Å²) in [6.07, 6.45) is -4.55. The normalized spacial score (nSPS) is 21.1. The molecule has 0 aliphatic carbocycles. The SMILES string of the molecule is CC(C)(C)C[C@@H]1N[C@@H](C(=O)O)[C@H](c2cccc(Cl)c2F)[C@@]1(C#N)c1ccc(Cl)cc1F.NC(=O)c1ccc(N)cc1OC(F)(F)F. The van der Waals surface area contributed by atoms with Gasteiger partial charge in [0.05, 0.1) is 16.7 Å². The van der Waals surface area contributed by atoms with Crippen LogP contribution in [-0.2, 0) is 10.2 Å². The zero-order valence-electron chi connectivity index (χ0n) is 24.6. The van der Waals surface area contributed by atoms with Crippen LogP contribution in [0.3, 0.4) is 0 Å². The number of rotatable bonds is 6. The molecule has 0 bridgehead atoms. The highest BCUT2D eigenvalue weighted by Crippen LogP contribution is 2.52. The van der Waals surface area contributed by atoms with Gasteiger partial charge in [0.1, 0.15) is 28.8 Å². The average Bonchev–Trinajstić information content (AvgIpc) is 3.22. The molecule has 0 unspecified atom stereocenters. The Kier molecular flexibility index (Phi) is 10.8. The molecule has 1 aliphatic heterocycles. The van der Waals surface area contributed by atoms with Gasteiger partial charge >= 0.3 is 12.3 Å². The zero-order valence-corrected chi connectivity index (χ0v) is 26.1. The van der Waals surface area contributed by atoms with E-state index in [2.05, 4.69) is 16.1 Å². The van der Waals surface area contributed by atoms with Gasteiger partial charge in [-0.05, 0) is 47.7 Å². The average molecular weight is 687 g/mol. The number of halogens is 7. The first-order chi connectivity index (χ1) is 21.2. The monoisotopic (exact) mass is 686 g/mol. The lowest BCUT2D eigenvalue weighted by atomic mass is 9.62. The molecule has 3 aromatic rings. The van der Waals surface area contributed by atoms with E-state index in [1.165, 1.54) is 36.4 Å². The molecule has 46 heavy (non-hydrogen) atoms. The Balaban J connectivity index is 0.000000322. The van der Waals surface area contributed by atoms with E-state index in [9.17, 15) is 33.1 Å². The van der Waals surface area contributed by atoms with Crippen molar-refractivity contribution >= 4 is 40.8 Å². The summed E-state index contributed by atoms with van der Waals surface area (Å²) in [5, 5.41) is 23.4. The summed E-state index contributed by atoms with van der Waals surface area (Å²) in [5.74, 6) is -5.81. The topological polar surface area (TPSA) is 151 Å². The Labute approximate surface area is 271 Å². The number of alkyl halides is 3. The predicted octanol–water partition coefficient (Wildman–Crippen LogP) is 6.94. The van der Waals surface area contributed by atoms with Crippen LogP contribution in [0.4, 0.5) is 27.6 Å². The lowest BCUT2D eigenvalue weighted by Gasteiger charge is -2.37. The molecule has 1 amide bonds. The lowest BCUT2D eigenvalue weighted by Crippen LogP contribution is -2.44. The summed E-state index contributed by atoms with van der Waals surface area (Å²) in [6, 6.07) is 11.4. The number of carboxylic acid groups (broad SMARTS) is 1. The second-order valence-corrected chi connectivity index (χ2v) is 12.5. The Morgan fingerprint density at radius 3 is 2.26 bits per heavy atom. The molecular formula is C31H29Cl2F5N4O4. The van der Waals surface area contributed by atoms with Crippen molar-refractivity contribution in [3.05, 3.63) is 93.0 Å². The van der Waals surface area contributed by atoms with Gasteiger partial charge in [0.25, 0.3) is 5.91 Å². The summed E-state index contributed by atoms with van der Waals surface area (Å²) in [4.78, 5) is 23.0. The van der Waals surface area contributed by atoms with E-state index in [4.69, 9.17) is 34.7 Å². The quantitative estimate of drug-likeness (QED) is 0.162. The Morgan fingerprint density at radius 2 is 1.74 bits per heavy atom. The third kappa shape index (κ3) is 7.99. The van der Waals surface area contributed by atoms with Crippen LogP contribution in [0, 0.1) is 28.4 Å². The number of hydrogen-bond acceptors (Lipinski definition) is 6. The third-order valence-corrected chi connectivity index (χ3v) is 7.74. The summed E-state index contributed by atoms with van der Waals surface area (Å²) in [5.41, 5.74) is 7.62. The van der Waals surface area contributed by atoms with E-state index in [1.54, 1.807) is 0 Å². The first kappa shape index (κ1) is 36.3. The number of nitriles is 1. The second kappa shape index (κ2) is 13.7. The maximum atomic E-state index is 15.2. The molecule has 1 heterocycles. The minimum absolute atomic E-state index is 0.0331. The number of nitrogen functional groups attached to an aromatic ring is 1. The van der Waals surface area contributed by atoms with Crippen LogP contribution in [0.2, 0.25) is 10.0 Å². The fourth-order valence-electron chi connectivity index (χ4n) is 5.50. The number of hydrogen-bond donors (Lipinski definition) is 4. The number of carbonyl (C=O) groups is 2. The van der Waals surface area contributed by atoms with Gasteiger partial charge in [-0.15, -0.1) is 13.2 Å². The standard InChI is InChI=1S/C23H22Cl2F2N2O2.C8H7F3N2O2/c1-22(2,3)10-17-23(11-28,14-8-7-12(24)9-16(14)26)18(20(29-17)21(30)31)13-5-4-6-15(25)19(13)27;9-8(10,11)15-6-3-4(12)1-2-5(6)7(13)14/h4-9,17-18,20,29H,10H2,1-3H3,(H,30,31);1-3H,12H2,(H2,13,14)/t17-,18-,20+,23-;/m0./s1. The number of aliphatic carboxylic acids is 1. The van der Waals surface area contributed by atoms with Gasteiger partial charge in [0, 0.05) is 34.3 Å². The van der Waals surface area contributed by atoms with Gasteiger partial charge in [-0.3, -0.25) is 14.9 Å². The smallest absolute Gasteiger partial charge is 0.480 e. The fourth-order valence-corrected chi connectivity index (χ4v) is 5.84. The molecule has 0 radical (unpaired) electrons. The minimum Gasteiger partial charge on any atom is -0.480 e. The number of benzene rings is 3. The first-order valence-corrected chi connectivity index (χ1v) is 14.2. The van der Waals surface area contributed by atoms with Gasteiger partial charge in [-0.25, -0.2) is 8.78 Å². The first-order valence-electron chi connectivity index (χ1n) is 13.5. The van der Waals surface area contributed by atoms with Crippen molar-refractivity contribution in [2.75, 3.05) is 5.73 Å². The molecule has 0 spiro atoms. The molecule has 8 nitrogen and oxygen atoms in total. The number of carbonyl (C=O) groups excluding carboxylic acids is 1. The molecule has 4 rings (SSSR count). The molecule has 6 N–H and O–H groups in total. The van der Waals surface area contributed by atoms with Crippen molar-refractivity contribution in [2.24, 2.45) is 11.1 Å². The molecule has 1 fully saturated rings. The summed E-state index contributed by atoms with van der Waals surface area (Å²) in [7, 11) is 0. The van der Waals surface area contributed by atoms with E-state index in [-0.39, 0.29) is 37.8 Å². The van der Waals surface area contributed by atoms with Crippen LogP contribution < -0.4 is 21.5 Å². The van der Waals surface area contributed by atoms with Crippen molar-refractivity contribution in [3.63, 3.8) is 0 Å². The van der Waals surface area contributed by atoms with Crippen LogP contribution in [0.25, 0.3) is 0 Å². The van der Waals surface area contributed by atoms with E-state index in [0.717, 1.165) is 18.2 Å². The van der Waals surface area contributed by atoms with E-state index in [0.29, 0.717) is 6.42 Å². The van der Waals surface area contributed by atoms with Crippen LogP contribution >= 0.6 is 23.2 Å². The molecule has 15 heteroatoms. The Morgan fingerprint density at radius 1 is 1.09 bits per heavy atom. The molecule has 0 saturated carbocycles. The second-order valence-electron chi connectivity index (χ2n) is 11.7. The van der Waals surface area contributed by atoms with Crippen molar-refractivity contribution < 1.29 is 41.4 Å². The van der Waals surface area contributed by atoms with Crippen LogP contribution in [-0.4, -0.2) is 35.4 Å². The lowest BCUT2D eigenvalue weighted by molar-refractivity contribution is -0.274. The number of nitrogens with two attached hydrogens (primary N) is 2. The van der Waals surface area contributed by atoms with Gasteiger partial charge in [-0.1, -0.05) is 62.2 Å². The van der Waals surface area contributed by atoms with Gasteiger partial charge < -0.3 is 21.3 Å². The number of nitrogens with zero attached hydrogens (tertiary/aromatic N) is 1. The van der Waals surface area contributed by atoms with Crippen LogP contribution in [0.1, 0.15) is 54.6 Å². The van der Waals surface area contributed by atoms with Crippen LogP contribution in [0.15, 0.2) is 54.6 Å². The minimum atomic E-state index is -4.89. The predicted molar refractivity (Wildman–Crippen MR) is 161 cm³/mol.